The van der Waals surface area contributed by atoms with Crippen LogP contribution >= 0.6 is 23.2 Å². The predicted octanol–water partition coefficient (Wildman–Crippen LogP) is 4.38. The monoisotopic (exact) mass is 453 g/mol. The van der Waals surface area contributed by atoms with Gasteiger partial charge in [-0.1, -0.05) is 23.2 Å². The summed E-state index contributed by atoms with van der Waals surface area (Å²) in [6.45, 7) is 0. The maximum absolute atomic E-state index is 12.0. The van der Waals surface area contributed by atoms with E-state index in [1.54, 1.807) is 24.3 Å². The first-order chi connectivity index (χ1) is 14.2. The molecule has 30 heavy (non-hydrogen) atoms. The summed E-state index contributed by atoms with van der Waals surface area (Å²) < 4.78 is 6.17. The molecule has 1 fully saturated rings. The average molecular weight is 454 g/mol. The van der Waals surface area contributed by atoms with Gasteiger partial charge < -0.3 is 10.1 Å². The largest absolute Gasteiger partial charge is 0.365 e. The van der Waals surface area contributed by atoms with Crippen molar-refractivity contribution in [3.63, 3.8) is 0 Å². The number of carbonyl (C=O) groups is 1. The molecule has 3 atom stereocenters. The van der Waals surface area contributed by atoms with Gasteiger partial charge in [0.15, 0.2) is 4.84 Å². The summed E-state index contributed by atoms with van der Waals surface area (Å²) in [5.41, 5.74) is 1.33. The summed E-state index contributed by atoms with van der Waals surface area (Å²) in [6.07, 6.45) is -0.107. The number of hydrogen-bond donors (Lipinski definition) is 1. The SMILES string of the molecule is O=C(NC1C[C@@H](c2ccc([N+](=O)[O-])cc2)O[C@@H](c2ccc([N+](=O)[O-])cc2)C1)C(Cl)Cl. The van der Waals surface area contributed by atoms with Gasteiger partial charge in [-0.25, -0.2) is 0 Å². The van der Waals surface area contributed by atoms with Gasteiger partial charge in [-0.05, 0) is 48.2 Å². The minimum Gasteiger partial charge on any atom is -0.365 e. The van der Waals surface area contributed by atoms with E-state index < -0.39 is 32.8 Å². The molecule has 1 amide bonds. The van der Waals surface area contributed by atoms with Crippen molar-refractivity contribution < 1.29 is 19.4 Å². The summed E-state index contributed by atoms with van der Waals surface area (Å²) in [4.78, 5) is 31.6. The van der Waals surface area contributed by atoms with E-state index in [1.807, 2.05) is 0 Å². The number of halogens is 2. The molecule has 1 unspecified atom stereocenters. The first kappa shape index (κ1) is 21.9. The van der Waals surface area contributed by atoms with E-state index in [0.29, 0.717) is 24.0 Å². The fourth-order valence-electron chi connectivity index (χ4n) is 3.36. The van der Waals surface area contributed by atoms with Crippen LogP contribution < -0.4 is 5.32 Å². The Kier molecular flexibility index (Phi) is 6.86. The molecular weight excluding hydrogens is 437 g/mol. The van der Waals surface area contributed by atoms with Gasteiger partial charge in [0.05, 0.1) is 22.1 Å². The number of benzene rings is 2. The summed E-state index contributed by atoms with van der Waals surface area (Å²) in [7, 11) is 0. The zero-order chi connectivity index (χ0) is 21.8. The van der Waals surface area contributed by atoms with Gasteiger partial charge in [0, 0.05) is 30.3 Å². The Hall–Kier alpha value is -2.75. The van der Waals surface area contributed by atoms with Crippen molar-refractivity contribution in [1.82, 2.24) is 5.32 Å². The summed E-state index contributed by atoms with van der Waals surface area (Å²) >= 11 is 11.3. The predicted molar refractivity (Wildman–Crippen MR) is 109 cm³/mol. The molecule has 158 valence electrons. The van der Waals surface area contributed by atoms with Gasteiger partial charge in [-0.15, -0.1) is 0 Å². The van der Waals surface area contributed by atoms with Gasteiger partial charge in [-0.2, -0.15) is 0 Å². The van der Waals surface area contributed by atoms with Crippen molar-refractivity contribution in [1.29, 1.82) is 0 Å². The lowest BCUT2D eigenvalue weighted by Crippen LogP contribution is -2.42. The summed E-state index contributed by atoms with van der Waals surface area (Å²) in [6, 6.07) is 11.6. The molecule has 11 heteroatoms. The number of non-ortho nitro benzene ring substituents is 2. The highest BCUT2D eigenvalue weighted by molar-refractivity contribution is 6.53. The molecule has 0 spiro atoms. The highest BCUT2D eigenvalue weighted by Crippen LogP contribution is 2.39. The molecule has 1 heterocycles. The highest BCUT2D eigenvalue weighted by Gasteiger charge is 2.33. The van der Waals surface area contributed by atoms with Crippen molar-refractivity contribution >= 4 is 40.5 Å². The Morgan fingerprint density at radius 2 is 1.30 bits per heavy atom. The number of alkyl halides is 2. The first-order valence-corrected chi connectivity index (χ1v) is 9.84. The van der Waals surface area contributed by atoms with Gasteiger partial charge in [-0.3, -0.25) is 25.0 Å². The molecule has 9 nitrogen and oxygen atoms in total. The zero-order valence-electron chi connectivity index (χ0n) is 15.4. The third kappa shape index (κ3) is 5.24. The van der Waals surface area contributed by atoms with E-state index in [1.165, 1.54) is 24.3 Å². The Bertz CT molecular complexity index is 871. The second-order valence-electron chi connectivity index (χ2n) is 6.79. The smallest absolute Gasteiger partial charge is 0.269 e. The Balaban J connectivity index is 1.85. The van der Waals surface area contributed by atoms with Crippen molar-refractivity contribution in [2.24, 2.45) is 0 Å². The standard InChI is InChI=1S/C19H17Cl2N3O6/c20-18(21)19(25)22-13-9-16(11-1-5-14(6-2-11)23(26)27)30-17(10-13)12-3-7-15(8-4-12)24(28)29/h1-8,13,16-18H,9-10H2,(H,22,25)/t13?,16-,17+. The number of rotatable bonds is 6. The quantitative estimate of drug-likeness (QED) is 0.392. The number of amides is 1. The van der Waals surface area contributed by atoms with E-state index in [4.69, 9.17) is 27.9 Å². The number of ether oxygens (including phenoxy) is 1. The van der Waals surface area contributed by atoms with Crippen molar-refractivity contribution in [2.45, 2.75) is 35.9 Å². The van der Waals surface area contributed by atoms with Crippen LogP contribution in [0.25, 0.3) is 0 Å². The van der Waals surface area contributed by atoms with Crippen LogP contribution in [0.3, 0.4) is 0 Å². The topological polar surface area (TPSA) is 125 Å². The maximum Gasteiger partial charge on any atom is 0.269 e. The van der Waals surface area contributed by atoms with Gasteiger partial charge in [0.25, 0.3) is 17.3 Å². The van der Waals surface area contributed by atoms with Crippen LogP contribution in [-0.4, -0.2) is 26.6 Å². The average Bonchev–Trinajstić information content (AvgIpc) is 2.73. The van der Waals surface area contributed by atoms with E-state index in [-0.39, 0.29) is 17.4 Å². The van der Waals surface area contributed by atoms with Crippen molar-refractivity contribution in [3.05, 3.63) is 79.9 Å². The number of nitro groups is 2. The molecule has 0 aromatic heterocycles. The van der Waals surface area contributed by atoms with Crippen LogP contribution in [0.2, 0.25) is 0 Å². The molecule has 1 saturated heterocycles. The summed E-state index contributed by atoms with van der Waals surface area (Å²) in [5, 5.41) is 24.6. The Morgan fingerprint density at radius 3 is 1.63 bits per heavy atom. The van der Waals surface area contributed by atoms with Crippen molar-refractivity contribution in [2.75, 3.05) is 0 Å². The Labute approximate surface area is 181 Å². The lowest BCUT2D eigenvalue weighted by atomic mass is 9.91. The Morgan fingerprint density at radius 1 is 0.900 bits per heavy atom. The molecule has 2 aromatic rings. The third-order valence-corrected chi connectivity index (χ3v) is 5.22. The molecule has 0 bridgehead atoms. The van der Waals surface area contributed by atoms with Gasteiger partial charge >= 0.3 is 0 Å². The molecular formula is C19H17Cl2N3O6. The number of nitrogens with one attached hydrogen (secondary N) is 1. The second-order valence-corrected chi connectivity index (χ2v) is 7.88. The molecule has 0 saturated carbocycles. The van der Waals surface area contributed by atoms with E-state index >= 15 is 0 Å². The molecule has 3 rings (SSSR count). The number of nitrogens with zero attached hydrogens (tertiary/aromatic N) is 2. The lowest BCUT2D eigenvalue weighted by molar-refractivity contribution is -0.385. The van der Waals surface area contributed by atoms with Crippen LogP contribution in [0, 0.1) is 20.2 Å². The fourth-order valence-corrected chi connectivity index (χ4v) is 3.48. The summed E-state index contributed by atoms with van der Waals surface area (Å²) in [5.74, 6) is -0.532. The number of nitro benzene ring substituents is 2. The van der Waals surface area contributed by atoms with Crippen LogP contribution in [0.1, 0.15) is 36.2 Å². The fraction of sp³-hybridized carbons (Fsp3) is 0.316. The van der Waals surface area contributed by atoms with E-state index in [9.17, 15) is 25.0 Å². The first-order valence-electron chi connectivity index (χ1n) is 8.97. The maximum atomic E-state index is 12.0. The molecule has 0 radical (unpaired) electrons. The van der Waals surface area contributed by atoms with Crippen molar-refractivity contribution in [3.8, 4) is 0 Å². The van der Waals surface area contributed by atoms with E-state index in [2.05, 4.69) is 5.32 Å². The molecule has 1 aliphatic heterocycles. The van der Waals surface area contributed by atoms with Gasteiger partial charge in [0.2, 0.25) is 0 Å². The minimum atomic E-state index is -1.22. The highest BCUT2D eigenvalue weighted by atomic mass is 35.5. The van der Waals surface area contributed by atoms with Gasteiger partial charge in [0.1, 0.15) is 0 Å². The zero-order valence-corrected chi connectivity index (χ0v) is 17.0. The van der Waals surface area contributed by atoms with Crippen LogP contribution in [0.4, 0.5) is 11.4 Å². The molecule has 2 aromatic carbocycles. The molecule has 1 N–H and O–H groups in total. The lowest BCUT2D eigenvalue weighted by Gasteiger charge is -2.36. The van der Waals surface area contributed by atoms with Crippen LogP contribution in [-0.2, 0) is 9.53 Å². The third-order valence-electron chi connectivity index (χ3n) is 4.82. The number of carbonyl (C=O) groups excluding carboxylic acids is 1. The molecule has 1 aliphatic rings. The molecule has 0 aliphatic carbocycles. The normalized spacial score (nSPS) is 21.2. The number of hydrogen-bond acceptors (Lipinski definition) is 6. The minimum absolute atomic E-state index is 0.0431. The van der Waals surface area contributed by atoms with Crippen LogP contribution in [0.5, 0.6) is 0 Å². The van der Waals surface area contributed by atoms with Crippen LogP contribution in [0.15, 0.2) is 48.5 Å². The van der Waals surface area contributed by atoms with E-state index in [0.717, 1.165) is 0 Å². The second kappa shape index (κ2) is 9.38.